The summed E-state index contributed by atoms with van der Waals surface area (Å²) in [5.74, 6) is 0.715. The minimum absolute atomic E-state index is 0.0943. The van der Waals surface area contributed by atoms with E-state index in [-0.39, 0.29) is 29.7 Å². The summed E-state index contributed by atoms with van der Waals surface area (Å²) in [6, 6.07) is 0. The highest BCUT2D eigenvalue weighted by Crippen LogP contribution is 2.24. The number of nitrogens with zero attached hydrogens (tertiary/aromatic N) is 3. The number of aryl methyl sites for hydroxylation is 2. The van der Waals surface area contributed by atoms with E-state index in [1.54, 1.807) is 25.7 Å². The average Bonchev–Trinajstić information content (AvgIpc) is 2.93. The van der Waals surface area contributed by atoms with Gasteiger partial charge in [-0.3, -0.25) is 4.79 Å². The zero-order valence-corrected chi connectivity index (χ0v) is 17.0. The van der Waals surface area contributed by atoms with Crippen molar-refractivity contribution < 1.29 is 22.5 Å². The Morgan fingerprint density at radius 2 is 1.81 bits per heavy atom. The Bertz CT molecular complexity index is 701. The second kappa shape index (κ2) is 8.49. The topological polar surface area (TPSA) is 93.0 Å². The van der Waals surface area contributed by atoms with Gasteiger partial charge >= 0.3 is 0 Å². The van der Waals surface area contributed by atoms with E-state index in [1.807, 2.05) is 0 Å². The van der Waals surface area contributed by atoms with Crippen LogP contribution in [0.5, 0.6) is 0 Å². The lowest BCUT2D eigenvalue weighted by molar-refractivity contribution is -0.144. The predicted molar refractivity (Wildman–Crippen MR) is 96.2 cm³/mol. The van der Waals surface area contributed by atoms with E-state index >= 15 is 0 Å². The van der Waals surface area contributed by atoms with Crippen molar-refractivity contribution in [1.82, 2.24) is 14.4 Å². The van der Waals surface area contributed by atoms with Gasteiger partial charge in [0.15, 0.2) is 5.76 Å². The third kappa shape index (κ3) is 4.63. The van der Waals surface area contributed by atoms with Crippen LogP contribution in [0.2, 0.25) is 0 Å². The molecule has 0 aliphatic carbocycles. The summed E-state index contributed by atoms with van der Waals surface area (Å²) in [4.78, 5) is 14.3. The van der Waals surface area contributed by atoms with E-state index in [1.165, 1.54) is 4.31 Å². The summed E-state index contributed by atoms with van der Waals surface area (Å²) in [7, 11) is -3.67. The largest absolute Gasteiger partial charge is 0.369 e. The number of ether oxygens (including phenoxy) is 1. The maximum absolute atomic E-state index is 12.8. The van der Waals surface area contributed by atoms with Crippen LogP contribution in [-0.2, 0) is 19.6 Å². The molecular formula is C17H29N3O5S. The van der Waals surface area contributed by atoms with E-state index in [9.17, 15) is 13.2 Å². The fraction of sp³-hybridized carbons (Fsp3) is 0.765. The van der Waals surface area contributed by atoms with Crippen molar-refractivity contribution in [2.24, 2.45) is 5.92 Å². The van der Waals surface area contributed by atoms with Gasteiger partial charge in [-0.15, -0.1) is 0 Å². The SMILES string of the molecule is Cc1noc(C)c1S(=O)(=O)N1CCN(C(=O)C(C)OCCC(C)C)CC1. The van der Waals surface area contributed by atoms with Crippen molar-refractivity contribution in [2.45, 2.75) is 52.0 Å². The molecule has 2 rings (SSSR count). The summed E-state index contributed by atoms with van der Waals surface area (Å²) in [5, 5.41) is 3.72. The molecule has 1 aromatic heterocycles. The Labute approximate surface area is 155 Å². The van der Waals surface area contributed by atoms with Crippen LogP contribution in [0.4, 0.5) is 0 Å². The summed E-state index contributed by atoms with van der Waals surface area (Å²) < 4.78 is 37.6. The molecule has 2 heterocycles. The van der Waals surface area contributed by atoms with E-state index in [0.29, 0.717) is 31.3 Å². The molecule has 1 aliphatic rings. The van der Waals surface area contributed by atoms with Gasteiger partial charge in [-0.2, -0.15) is 4.31 Å². The first-order valence-corrected chi connectivity index (χ1v) is 10.4. The van der Waals surface area contributed by atoms with Crippen molar-refractivity contribution in [3.8, 4) is 0 Å². The zero-order valence-electron chi connectivity index (χ0n) is 16.2. The summed E-state index contributed by atoms with van der Waals surface area (Å²) in [5.41, 5.74) is 0.355. The molecule has 9 heteroatoms. The molecule has 148 valence electrons. The van der Waals surface area contributed by atoms with Crippen LogP contribution in [0.15, 0.2) is 9.42 Å². The number of sulfonamides is 1. The first kappa shape index (κ1) is 20.9. The summed E-state index contributed by atoms with van der Waals surface area (Å²) >= 11 is 0. The van der Waals surface area contributed by atoms with E-state index in [0.717, 1.165) is 6.42 Å². The van der Waals surface area contributed by atoms with Gasteiger partial charge in [0.25, 0.3) is 5.91 Å². The highest BCUT2D eigenvalue weighted by molar-refractivity contribution is 7.89. The molecule has 0 spiro atoms. The van der Waals surface area contributed by atoms with Gasteiger partial charge < -0.3 is 14.2 Å². The van der Waals surface area contributed by atoms with Crippen molar-refractivity contribution in [3.05, 3.63) is 11.5 Å². The molecule has 0 radical (unpaired) electrons. The van der Waals surface area contributed by atoms with Crippen LogP contribution >= 0.6 is 0 Å². The molecule has 0 saturated carbocycles. The van der Waals surface area contributed by atoms with E-state index in [2.05, 4.69) is 19.0 Å². The lowest BCUT2D eigenvalue weighted by Gasteiger charge is -2.35. The Morgan fingerprint density at radius 3 is 2.31 bits per heavy atom. The third-order valence-corrected chi connectivity index (χ3v) is 6.67. The van der Waals surface area contributed by atoms with Gasteiger partial charge in [-0.1, -0.05) is 19.0 Å². The molecular weight excluding hydrogens is 358 g/mol. The zero-order chi connectivity index (χ0) is 19.5. The Kier molecular flexibility index (Phi) is 6.81. The van der Waals surface area contributed by atoms with Crippen molar-refractivity contribution in [1.29, 1.82) is 0 Å². The minimum Gasteiger partial charge on any atom is -0.369 e. The number of hydrogen-bond donors (Lipinski definition) is 0. The molecule has 1 unspecified atom stereocenters. The molecule has 1 saturated heterocycles. The molecule has 1 fully saturated rings. The molecule has 1 aliphatic heterocycles. The summed E-state index contributed by atoms with van der Waals surface area (Å²) in [6.45, 7) is 10.9. The highest BCUT2D eigenvalue weighted by atomic mass is 32.2. The van der Waals surface area contributed by atoms with Crippen LogP contribution < -0.4 is 0 Å². The fourth-order valence-electron chi connectivity index (χ4n) is 2.93. The molecule has 1 atom stereocenters. The van der Waals surface area contributed by atoms with E-state index in [4.69, 9.17) is 9.26 Å². The quantitative estimate of drug-likeness (QED) is 0.705. The second-order valence-electron chi connectivity index (χ2n) is 7.08. The van der Waals surface area contributed by atoms with Gasteiger partial charge in [0.1, 0.15) is 16.7 Å². The highest BCUT2D eigenvalue weighted by Gasteiger charge is 2.35. The normalized spacial score (nSPS) is 17.7. The number of carbonyl (C=O) groups is 1. The monoisotopic (exact) mass is 387 g/mol. The number of piperazine rings is 1. The maximum Gasteiger partial charge on any atom is 0.251 e. The average molecular weight is 388 g/mol. The minimum atomic E-state index is -3.67. The number of rotatable bonds is 7. The molecule has 1 aromatic rings. The first-order chi connectivity index (χ1) is 12.1. The van der Waals surface area contributed by atoms with Crippen molar-refractivity contribution >= 4 is 15.9 Å². The van der Waals surface area contributed by atoms with Crippen molar-refractivity contribution in [3.63, 3.8) is 0 Å². The van der Waals surface area contributed by atoms with Crippen LogP contribution in [0, 0.1) is 19.8 Å². The van der Waals surface area contributed by atoms with Gasteiger partial charge in [-0.25, -0.2) is 8.42 Å². The lowest BCUT2D eigenvalue weighted by atomic mass is 10.1. The molecule has 0 N–H and O–H groups in total. The van der Waals surface area contributed by atoms with Gasteiger partial charge in [0, 0.05) is 32.8 Å². The molecule has 26 heavy (non-hydrogen) atoms. The maximum atomic E-state index is 12.8. The third-order valence-electron chi connectivity index (χ3n) is 4.53. The molecule has 1 amide bonds. The fourth-order valence-corrected chi connectivity index (χ4v) is 4.64. The van der Waals surface area contributed by atoms with Crippen molar-refractivity contribution in [2.75, 3.05) is 32.8 Å². The van der Waals surface area contributed by atoms with Gasteiger partial charge in [-0.05, 0) is 33.1 Å². The smallest absolute Gasteiger partial charge is 0.251 e. The van der Waals surface area contributed by atoms with Crippen LogP contribution in [-0.4, -0.2) is 67.6 Å². The standard InChI is InChI=1S/C17H29N3O5S/c1-12(2)6-11-24-15(5)17(21)19-7-9-20(10-8-19)26(22,23)16-13(3)18-25-14(16)4/h12,15H,6-11H2,1-5H3. The first-order valence-electron chi connectivity index (χ1n) is 8.98. The molecule has 0 bridgehead atoms. The second-order valence-corrected chi connectivity index (χ2v) is 8.95. The Hall–Kier alpha value is -1.45. The van der Waals surface area contributed by atoms with Crippen LogP contribution in [0.1, 0.15) is 38.6 Å². The van der Waals surface area contributed by atoms with Gasteiger partial charge in [0.2, 0.25) is 10.0 Å². The Morgan fingerprint density at radius 1 is 1.19 bits per heavy atom. The number of aromatic nitrogens is 1. The predicted octanol–water partition coefficient (Wildman–Crippen LogP) is 1.58. The summed E-state index contributed by atoms with van der Waals surface area (Å²) in [6.07, 6.45) is 0.389. The van der Waals surface area contributed by atoms with Crippen LogP contribution in [0.3, 0.4) is 0 Å². The molecule has 8 nitrogen and oxygen atoms in total. The van der Waals surface area contributed by atoms with E-state index < -0.39 is 16.1 Å². The Balaban J connectivity index is 1.93. The molecule has 0 aromatic carbocycles. The number of amides is 1. The number of hydrogen-bond acceptors (Lipinski definition) is 6. The lowest BCUT2D eigenvalue weighted by Crippen LogP contribution is -2.52. The van der Waals surface area contributed by atoms with Crippen LogP contribution in [0.25, 0.3) is 0 Å². The number of carbonyl (C=O) groups excluding carboxylic acids is 1. The van der Waals surface area contributed by atoms with Gasteiger partial charge in [0.05, 0.1) is 0 Å².